The zero-order valence-corrected chi connectivity index (χ0v) is 23.4. The number of carboxylic acid groups (broad SMARTS) is 1. The van der Waals surface area contributed by atoms with E-state index in [1.807, 2.05) is 121 Å². The first-order valence-corrected chi connectivity index (χ1v) is 14.4. The Hall–Kier alpha value is -5.37. The van der Waals surface area contributed by atoms with Gasteiger partial charge in [-0.3, -0.25) is 9.80 Å². The van der Waals surface area contributed by atoms with Crippen molar-refractivity contribution in [3.63, 3.8) is 0 Å². The van der Waals surface area contributed by atoms with Gasteiger partial charge < -0.3 is 14.9 Å². The van der Waals surface area contributed by atoms with Crippen LogP contribution in [0.3, 0.4) is 0 Å². The topological polar surface area (TPSA) is 84.4 Å². The lowest BCUT2D eigenvalue weighted by atomic mass is 10.0. The molecule has 1 N–H and O–H groups in total. The van der Waals surface area contributed by atoms with E-state index in [-0.39, 0.29) is 18.6 Å². The Bertz CT molecular complexity index is 1640. The van der Waals surface area contributed by atoms with Gasteiger partial charge in [0.1, 0.15) is 0 Å². The molecule has 3 heterocycles. The third kappa shape index (κ3) is 4.52. The Balaban J connectivity index is 1.27. The van der Waals surface area contributed by atoms with E-state index in [4.69, 9.17) is 0 Å². The van der Waals surface area contributed by atoms with Crippen LogP contribution in [-0.4, -0.2) is 57.6 Å². The Morgan fingerprint density at radius 1 is 0.674 bits per heavy atom. The molecule has 0 saturated carbocycles. The van der Waals surface area contributed by atoms with Gasteiger partial charge in [-0.2, -0.15) is 0 Å². The zero-order valence-electron chi connectivity index (χ0n) is 23.4. The number of hydrogen-bond donors (Lipinski definition) is 1. The molecule has 0 radical (unpaired) electrons. The smallest absolute Gasteiger partial charge is 0.330 e. The largest absolute Gasteiger partial charge is 0.480 e. The van der Waals surface area contributed by atoms with Crippen molar-refractivity contribution >= 4 is 52.9 Å². The number of rotatable bonds is 3. The number of amides is 4. The summed E-state index contributed by atoms with van der Waals surface area (Å²) in [7, 11) is 0. The van der Waals surface area contributed by atoms with Crippen molar-refractivity contribution in [1.29, 1.82) is 0 Å². The van der Waals surface area contributed by atoms with Gasteiger partial charge in [0.05, 0.1) is 34.8 Å². The molecule has 1 unspecified atom stereocenters. The van der Waals surface area contributed by atoms with Crippen molar-refractivity contribution in [2.24, 2.45) is 0 Å². The Morgan fingerprint density at radius 2 is 1.19 bits per heavy atom. The Labute approximate surface area is 249 Å². The van der Waals surface area contributed by atoms with Gasteiger partial charge in [-0.25, -0.2) is 14.4 Å². The van der Waals surface area contributed by atoms with Crippen LogP contribution in [0.2, 0.25) is 0 Å². The summed E-state index contributed by atoms with van der Waals surface area (Å²) in [6.07, 6.45) is 5.04. The Morgan fingerprint density at radius 3 is 1.72 bits per heavy atom. The number of anilines is 4. The maximum atomic E-state index is 14.6. The molecule has 2 fully saturated rings. The van der Waals surface area contributed by atoms with Crippen molar-refractivity contribution in [1.82, 2.24) is 9.80 Å². The van der Waals surface area contributed by atoms with Gasteiger partial charge in [-0.1, -0.05) is 84.9 Å². The molecular formula is C35H30N4O4. The summed E-state index contributed by atoms with van der Waals surface area (Å²) < 4.78 is 0. The summed E-state index contributed by atoms with van der Waals surface area (Å²) in [5.74, 6) is -1.13. The third-order valence-corrected chi connectivity index (χ3v) is 8.58. The van der Waals surface area contributed by atoms with Gasteiger partial charge in [-0.15, -0.1) is 0 Å². The lowest BCUT2D eigenvalue weighted by Crippen LogP contribution is -2.67. The number of para-hydroxylation sites is 4. The summed E-state index contributed by atoms with van der Waals surface area (Å²) in [5.41, 5.74) is 4.46. The van der Waals surface area contributed by atoms with Crippen molar-refractivity contribution in [2.75, 3.05) is 16.3 Å². The summed E-state index contributed by atoms with van der Waals surface area (Å²) in [6, 6.07) is 31.0. The van der Waals surface area contributed by atoms with Crippen LogP contribution in [0, 0.1) is 0 Å². The van der Waals surface area contributed by atoms with Crippen molar-refractivity contribution in [3.8, 4) is 0 Å². The number of carbonyl (C=O) groups excluding carboxylic acids is 2. The number of urea groups is 2. The minimum Gasteiger partial charge on any atom is -0.480 e. The molecule has 4 aromatic carbocycles. The van der Waals surface area contributed by atoms with Crippen molar-refractivity contribution in [3.05, 3.63) is 120 Å². The second kappa shape index (κ2) is 10.8. The van der Waals surface area contributed by atoms with E-state index in [1.54, 1.807) is 14.7 Å². The number of benzene rings is 4. The van der Waals surface area contributed by atoms with Crippen LogP contribution >= 0.6 is 0 Å². The highest BCUT2D eigenvalue weighted by molar-refractivity contribution is 6.07. The van der Waals surface area contributed by atoms with Crippen LogP contribution in [0.15, 0.2) is 109 Å². The normalized spacial score (nSPS) is 20.2. The first-order valence-electron chi connectivity index (χ1n) is 14.4. The standard InChI is InChI=1S/C35H30N4O4/c40-33(41)32-31-22-21-28(38(31)35(43)37(26-13-3-1-4-14-26)27-15-5-2-6-16-27)23-36(32)34(42)39-29-17-9-7-11-24(29)19-20-25-12-8-10-18-30(25)39/h1-20,28,31-32H,21-23H2,(H,40,41)/t28-,31?,32-/m0/s1. The highest BCUT2D eigenvalue weighted by Gasteiger charge is 2.54. The molecular weight excluding hydrogens is 540 g/mol. The number of likely N-dealkylation sites (tertiary alicyclic amines) is 1. The summed E-state index contributed by atoms with van der Waals surface area (Å²) in [6.45, 7) is 0.115. The molecule has 2 bridgehead atoms. The molecule has 4 aromatic rings. The van der Waals surface area contributed by atoms with Gasteiger partial charge in [0.25, 0.3) is 0 Å². The molecule has 0 aromatic heterocycles. The van der Waals surface area contributed by atoms with Gasteiger partial charge in [0, 0.05) is 6.54 Å². The fourth-order valence-electron chi connectivity index (χ4n) is 6.69. The average Bonchev–Trinajstić information content (AvgIpc) is 3.23. The Kier molecular flexibility index (Phi) is 6.66. The fraction of sp³-hybridized carbons (Fsp3) is 0.171. The van der Waals surface area contributed by atoms with E-state index in [0.29, 0.717) is 35.6 Å². The quantitative estimate of drug-likeness (QED) is 0.288. The molecule has 0 aliphatic carbocycles. The maximum Gasteiger partial charge on any atom is 0.330 e. The molecule has 8 nitrogen and oxygen atoms in total. The molecule has 8 heteroatoms. The van der Waals surface area contributed by atoms with E-state index in [9.17, 15) is 19.5 Å². The SMILES string of the molecule is O=C(O)[C@@H]1C2CC[C@@H](CN1C(=O)N1c3ccccc3C=Cc3ccccc31)N2C(=O)N(c1ccccc1)c1ccccc1. The van der Waals surface area contributed by atoms with Crippen molar-refractivity contribution < 1.29 is 19.5 Å². The van der Waals surface area contributed by atoms with Crippen LogP contribution in [0.5, 0.6) is 0 Å². The highest BCUT2D eigenvalue weighted by atomic mass is 16.4. The fourth-order valence-corrected chi connectivity index (χ4v) is 6.69. The molecule has 3 aliphatic heterocycles. The predicted octanol–water partition coefficient (Wildman–Crippen LogP) is 6.99. The van der Waals surface area contributed by atoms with Crippen LogP contribution in [-0.2, 0) is 4.79 Å². The van der Waals surface area contributed by atoms with Gasteiger partial charge >= 0.3 is 18.0 Å². The van der Waals surface area contributed by atoms with Crippen LogP contribution in [0.25, 0.3) is 12.2 Å². The first kappa shape index (κ1) is 26.5. The molecule has 3 aliphatic rings. The van der Waals surface area contributed by atoms with Crippen LogP contribution in [0.4, 0.5) is 32.3 Å². The average molecular weight is 571 g/mol. The number of carbonyl (C=O) groups is 3. The van der Waals surface area contributed by atoms with E-state index in [2.05, 4.69) is 0 Å². The number of fused-ring (bicyclic) bond motifs is 4. The molecule has 214 valence electrons. The number of aliphatic carboxylic acids is 1. The summed E-state index contributed by atoms with van der Waals surface area (Å²) in [5, 5.41) is 10.6. The zero-order chi connectivity index (χ0) is 29.5. The van der Waals surface area contributed by atoms with E-state index < -0.39 is 24.1 Å². The van der Waals surface area contributed by atoms with Crippen molar-refractivity contribution in [2.45, 2.75) is 31.0 Å². The van der Waals surface area contributed by atoms with E-state index in [0.717, 1.165) is 11.1 Å². The van der Waals surface area contributed by atoms with E-state index >= 15 is 0 Å². The molecule has 4 amide bonds. The molecule has 7 rings (SSSR count). The molecule has 3 atom stereocenters. The van der Waals surface area contributed by atoms with Crippen LogP contribution < -0.4 is 9.80 Å². The number of hydrogen-bond acceptors (Lipinski definition) is 3. The third-order valence-electron chi connectivity index (χ3n) is 8.58. The second-order valence-corrected chi connectivity index (χ2v) is 11.0. The number of piperazine rings is 1. The molecule has 0 spiro atoms. The van der Waals surface area contributed by atoms with E-state index in [1.165, 1.54) is 4.90 Å². The van der Waals surface area contributed by atoms with Gasteiger partial charge in [0.15, 0.2) is 6.04 Å². The monoisotopic (exact) mass is 570 g/mol. The minimum absolute atomic E-state index is 0.115. The lowest BCUT2D eigenvalue weighted by Gasteiger charge is -2.47. The second-order valence-electron chi connectivity index (χ2n) is 11.0. The van der Waals surface area contributed by atoms with Gasteiger partial charge in [0.2, 0.25) is 0 Å². The predicted molar refractivity (Wildman–Crippen MR) is 167 cm³/mol. The molecule has 2 saturated heterocycles. The molecule has 43 heavy (non-hydrogen) atoms. The lowest BCUT2D eigenvalue weighted by molar-refractivity contribution is -0.145. The first-order chi connectivity index (χ1) is 21.0. The summed E-state index contributed by atoms with van der Waals surface area (Å²) in [4.78, 5) is 48.4. The maximum absolute atomic E-state index is 14.6. The van der Waals surface area contributed by atoms with Gasteiger partial charge in [-0.05, 0) is 60.4 Å². The highest BCUT2D eigenvalue weighted by Crippen LogP contribution is 2.41. The number of carboxylic acids is 1. The summed E-state index contributed by atoms with van der Waals surface area (Å²) >= 11 is 0. The minimum atomic E-state index is -1.21. The number of nitrogens with zero attached hydrogens (tertiary/aromatic N) is 4. The van der Waals surface area contributed by atoms with Crippen LogP contribution in [0.1, 0.15) is 24.0 Å².